The minimum absolute atomic E-state index is 0.0383. The summed E-state index contributed by atoms with van der Waals surface area (Å²) in [6, 6.07) is 4.72. The molecule has 1 aromatic carbocycles. The Bertz CT molecular complexity index is 809. The Morgan fingerprint density at radius 3 is 2.33 bits per heavy atom. The Kier molecular flexibility index (Phi) is 6.17. The van der Waals surface area contributed by atoms with Crippen molar-refractivity contribution in [2.75, 3.05) is 20.7 Å². The molecule has 9 heteroatoms. The first kappa shape index (κ1) is 20.4. The van der Waals surface area contributed by atoms with Crippen LogP contribution in [0.15, 0.2) is 23.8 Å². The number of carboxylic acids is 1. The van der Waals surface area contributed by atoms with E-state index in [4.69, 9.17) is 26.8 Å². The van der Waals surface area contributed by atoms with Crippen LogP contribution in [0.3, 0.4) is 0 Å². The zero-order valence-corrected chi connectivity index (χ0v) is 16.2. The van der Waals surface area contributed by atoms with E-state index in [1.807, 2.05) is 0 Å². The van der Waals surface area contributed by atoms with Gasteiger partial charge in [-0.05, 0) is 49.8 Å². The van der Waals surface area contributed by atoms with Gasteiger partial charge in [-0.25, -0.2) is 4.79 Å². The number of nitrogens with zero attached hydrogens (tertiary/aromatic N) is 2. The molecule has 0 radical (unpaired) electrons. The predicted molar refractivity (Wildman–Crippen MR) is 101 cm³/mol. The number of aliphatic carboxylic acids is 1. The molecule has 0 bridgehead atoms. The number of amides is 2. The molecule has 1 N–H and O–H groups in total. The summed E-state index contributed by atoms with van der Waals surface area (Å²) < 4.78 is 10.9. The van der Waals surface area contributed by atoms with Crippen LogP contribution in [0.1, 0.15) is 19.4 Å². The fraction of sp³-hybridized carbons (Fsp3) is 0.333. The van der Waals surface area contributed by atoms with E-state index < -0.39 is 23.9 Å². The second-order valence-corrected chi connectivity index (χ2v) is 6.17. The van der Waals surface area contributed by atoms with E-state index in [1.165, 1.54) is 43.0 Å². The maximum Gasteiger partial charge on any atom is 0.344 e. The van der Waals surface area contributed by atoms with Gasteiger partial charge in [-0.2, -0.15) is 0 Å². The fourth-order valence-electron chi connectivity index (χ4n) is 2.36. The molecule has 8 nitrogen and oxygen atoms in total. The van der Waals surface area contributed by atoms with Gasteiger partial charge in [0.25, 0.3) is 11.8 Å². The molecule has 2 rings (SSSR count). The molecule has 1 aliphatic rings. The van der Waals surface area contributed by atoms with Crippen molar-refractivity contribution in [1.82, 2.24) is 9.80 Å². The van der Waals surface area contributed by atoms with Crippen molar-refractivity contribution in [1.29, 1.82) is 0 Å². The van der Waals surface area contributed by atoms with Gasteiger partial charge in [0.15, 0.2) is 22.7 Å². The molecule has 1 heterocycles. The minimum atomic E-state index is -1.11. The van der Waals surface area contributed by atoms with Crippen LogP contribution in [0.25, 0.3) is 6.08 Å². The summed E-state index contributed by atoms with van der Waals surface area (Å²) in [6.07, 6.45) is 0.380. The Morgan fingerprint density at radius 1 is 1.22 bits per heavy atom. The van der Waals surface area contributed by atoms with Crippen molar-refractivity contribution in [3.05, 3.63) is 29.3 Å². The van der Waals surface area contributed by atoms with E-state index in [0.29, 0.717) is 17.9 Å². The highest BCUT2D eigenvalue weighted by molar-refractivity contribution is 7.80. The van der Waals surface area contributed by atoms with Crippen molar-refractivity contribution in [3.8, 4) is 11.5 Å². The van der Waals surface area contributed by atoms with Gasteiger partial charge in [0.2, 0.25) is 0 Å². The topological polar surface area (TPSA) is 96.4 Å². The SMILES string of the molecule is CCOc1cc(C=C2C(=O)N(C)C(=S)N(C)C2=O)ccc1OC(C)C(=O)O. The molecule has 1 aromatic rings. The second-order valence-electron chi connectivity index (χ2n) is 5.81. The van der Waals surface area contributed by atoms with Crippen LogP contribution in [0, 0.1) is 0 Å². The van der Waals surface area contributed by atoms with Crippen molar-refractivity contribution < 1.29 is 29.0 Å². The average molecular weight is 392 g/mol. The maximum atomic E-state index is 12.4. The summed E-state index contributed by atoms with van der Waals surface area (Å²) in [6.45, 7) is 3.51. The number of carboxylic acid groups (broad SMARTS) is 1. The lowest BCUT2D eigenvalue weighted by atomic mass is 10.1. The van der Waals surface area contributed by atoms with Gasteiger partial charge in [0, 0.05) is 14.1 Å². The summed E-state index contributed by atoms with van der Waals surface area (Å²) >= 11 is 5.05. The van der Waals surface area contributed by atoms with Gasteiger partial charge in [-0.15, -0.1) is 0 Å². The number of carbonyl (C=O) groups is 3. The summed E-state index contributed by atoms with van der Waals surface area (Å²) in [7, 11) is 2.99. The standard InChI is InChI=1S/C18H20N2O6S/c1-5-25-14-9-11(6-7-13(14)26-10(2)17(23)24)8-12-15(21)19(3)18(27)20(4)16(12)22/h6-10H,5H2,1-4H3,(H,23,24). The van der Waals surface area contributed by atoms with Crippen molar-refractivity contribution in [2.24, 2.45) is 0 Å². The van der Waals surface area contributed by atoms with Gasteiger partial charge in [0.05, 0.1) is 6.61 Å². The molecule has 0 spiro atoms. The van der Waals surface area contributed by atoms with Crippen molar-refractivity contribution >= 4 is 41.2 Å². The second kappa shape index (κ2) is 8.17. The molecule has 0 saturated carbocycles. The molecule has 1 unspecified atom stereocenters. The summed E-state index contributed by atoms with van der Waals surface area (Å²) in [4.78, 5) is 38.2. The lowest BCUT2D eigenvalue weighted by molar-refractivity contribution is -0.144. The number of carbonyl (C=O) groups excluding carboxylic acids is 2. The predicted octanol–water partition coefficient (Wildman–Crippen LogP) is 1.54. The van der Waals surface area contributed by atoms with Crippen LogP contribution in [0.4, 0.5) is 0 Å². The molecule has 0 aliphatic carbocycles. The monoisotopic (exact) mass is 392 g/mol. The third kappa shape index (κ3) is 4.25. The van der Waals surface area contributed by atoms with Gasteiger partial charge >= 0.3 is 5.97 Å². The highest BCUT2D eigenvalue weighted by atomic mass is 32.1. The quantitative estimate of drug-likeness (QED) is 0.446. The molecule has 27 heavy (non-hydrogen) atoms. The minimum Gasteiger partial charge on any atom is -0.490 e. The summed E-state index contributed by atoms with van der Waals surface area (Å²) in [5.74, 6) is -1.54. The normalized spacial score (nSPS) is 15.7. The zero-order valence-electron chi connectivity index (χ0n) is 15.4. The molecule has 1 saturated heterocycles. The number of thiocarbonyl (C=S) groups is 1. The van der Waals surface area contributed by atoms with Crippen molar-refractivity contribution in [2.45, 2.75) is 20.0 Å². The maximum absolute atomic E-state index is 12.4. The number of hydrogen-bond donors (Lipinski definition) is 1. The lowest BCUT2D eigenvalue weighted by Gasteiger charge is -2.31. The van der Waals surface area contributed by atoms with Crippen molar-refractivity contribution in [3.63, 3.8) is 0 Å². The van der Waals surface area contributed by atoms with E-state index in [1.54, 1.807) is 19.1 Å². The Morgan fingerprint density at radius 2 is 1.81 bits per heavy atom. The first-order valence-corrected chi connectivity index (χ1v) is 8.56. The fourth-order valence-corrected chi connectivity index (χ4v) is 2.53. The van der Waals surface area contributed by atoms with Crippen LogP contribution in [-0.4, -0.2) is 64.6 Å². The van der Waals surface area contributed by atoms with Crippen LogP contribution >= 0.6 is 12.2 Å². The average Bonchev–Trinajstić information content (AvgIpc) is 2.64. The molecular formula is C18H20N2O6S. The number of rotatable bonds is 6. The van der Waals surface area contributed by atoms with Crippen LogP contribution in [0.2, 0.25) is 0 Å². The van der Waals surface area contributed by atoms with E-state index in [0.717, 1.165) is 0 Å². The van der Waals surface area contributed by atoms with E-state index in [9.17, 15) is 14.4 Å². The highest BCUT2D eigenvalue weighted by Crippen LogP contribution is 2.31. The van der Waals surface area contributed by atoms with E-state index in [2.05, 4.69) is 0 Å². The molecular weight excluding hydrogens is 372 g/mol. The third-order valence-electron chi connectivity index (χ3n) is 3.87. The first-order valence-electron chi connectivity index (χ1n) is 8.15. The first-order chi connectivity index (χ1) is 12.7. The molecule has 144 valence electrons. The summed E-state index contributed by atoms with van der Waals surface area (Å²) in [5, 5.41) is 9.12. The lowest BCUT2D eigenvalue weighted by Crippen LogP contribution is -2.52. The van der Waals surface area contributed by atoms with E-state index >= 15 is 0 Å². The molecule has 1 fully saturated rings. The number of likely N-dealkylation sites (N-methyl/N-ethyl adjacent to an activating group) is 2. The molecule has 1 aliphatic heterocycles. The Hall–Kier alpha value is -2.94. The van der Waals surface area contributed by atoms with Crippen LogP contribution in [-0.2, 0) is 14.4 Å². The van der Waals surface area contributed by atoms with Gasteiger partial charge in [0.1, 0.15) is 5.57 Å². The molecule has 1 atom stereocenters. The number of hydrogen-bond acceptors (Lipinski definition) is 6. The van der Waals surface area contributed by atoms with Gasteiger partial charge in [-0.1, -0.05) is 6.07 Å². The molecule has 2 amide bonds. The van der Waals surface area contributed by atoms with Gasteiger partial charge < -0.3 is 14.6 Å². The largest absolute Gasteiger partial charge is 0.490 e. The van der Waals surface area contributed by atoms with Gasteiger partial charge in [-0.3, -0.25) is 19.4 Å². The number of benzene rings is 1. The zero-order chi connectivity index (χ0) is 20.3. The van der Waals surface area contributed by atoms with E-state index in [-0.39, 0.29) is 16.4 Å². The summed E-state index contributed by atoms with van der Waals surface area (Å²) in [5.41, 5.74) is 0.490. The van der Waals surface area contributed by atoms with Crippen LogP contribution < -0.4 is 9.47 Å². The van der Waals surface area contributed by atoms with Crippen LogP contribution in [0.5, 0.6) is 11.5 Å². The Labute approximate surface area is 161 Å². The highest BCUT2D eigenvalue weighted by Gasteiger charge is 2.35. The molecule has 0 aromatic heterocycles. The number of ether oxygens (including phenoxy) is 2. The third-order valence-corrected chi connectivity index (χ3v) is 4.42. The smallest absolute Gasteiger partial charge is 0.344 e. The Balaban J connectivity index is 2.41.